The van der Waals surface area contributed by atoms with Gasteiger partial charge in [0.1, 0.15) is 5.75 Å². The molecule has 3 aromatic rings. The molecule has 1 fully saturated rings. The zero-order chi connectivity index (χ0) is 27.1. The van der Waals surface area contributed by atoms with Gasteiger partial charge in [-0.3, -0.25) is 9.59 Å². The third-order valence-corrected chi connectivity index (χ3v) is 8.56. The summed E-state index contributed by atoms with van der Waals surface area (Å²) < 4.78 is 32.9. The van der Waals surface area contributed by atoms with Crippen molar-refractivity contribution in [2.75, 3.05) is 25.5 Å². The van der Waals surface area contributed by atoms with Crippen molar-refractivity contribution in [1.82, 2.24) is 9.62 Å². The fraction of sp³-hybridized carbons (Fsp3) is 0.310. The van der Waals surface area contributed by atoms with Crippen LogP contribution in [0, 0.1) is 0 Å². The summed E-state index contributed by atoms with van der Waals surface area (Å²) in [5, 5.41) is 5.81. The van der Waals surface area contributed by atoms with Gasteiger partial charge in [-0.05, 0) is 67.6 Å². The average molecular weight is 536 g/mol. The molecule has 9 heteroatoms. The molecule has 1 aliphatic heterocycles. The average Bonchev–Trinajstić information content (AvgIpc) is 3.49. The number of methoxy groups -OCH3 is 1. The minimum Gasteiger partial charge on any atom is -0.496 e. The van der Waals surface area contributed by atoms with Gasteiger partial charge in [-0.15, -0.1) is 0 Å². The predicted octanol–water partition coefficient (Wildman–Crippen LogP) is 4.54. The van der Waals surface area contributed by atoms with E-state index in [-0.39, 0.29) is 35.6 Å². The summed E-state index contributed by atoms with van der Waals surface area (Å²) >= 11 is 0. The van der Waals surface area contributed by atoms with Crippen LogP contribution >= 0.6 is 0 Å². The van der Waals surface area contributed by atoms with Gasteiger partial charge in [-0.2, -0.15) is 4.31 Å². The lowest BCUT2D eigenvalue weighted by atomic mass is 10.1. The number of ether oxygens (including phenoxy) is 1. The maximum atomic E-state index is 13.0. The molecule has 0 radical (unpaired) electrons. The minimum absolute atomic E-state index is 0.0833. The third kappa shape index (κ3) is 6.41. The summed E-state index contributed by atoms with van der Waals surface area (Å²) in [4.78, 5) is 26.1. The molecule has 1 unspecified atom stereocenters. The van der Waals surface area contributed by atoms with Gasteiger partial charge in [-0.25, -0.2) is 8.42 Å². The second-order valence-corrected chi connectivity index (χ2v) is 11.2. The highest BCUT2D eigenvalue weighted by Crippen LogP contribution is 2.27. The topological polar surface area (TPSA) is 105 Å². The Bertz CT molecular complexity index is 1390. The molecule has 0 aliphatic carbocycles. The minimum atomic E-state index is -3.59. The van der Waals surface area contributed by atoms with E-state index >= 15 is 0 Å². The monoisotopic (exact) mass is 535 g/mol. The third-order valence-electron chi connectivity index (χ3n) is 6.67. The van der Waals surface area contributed by atoms with E-state index in [0.717, 1.165) is 18.4 Å². The van der Waals surface area contributed by atoms with Crippen molar-refractivity contribution in [3.8, 4) is 5.75 Å². The van der Waals surface area contributed by atoms with Gasteiger partial charge in [0.15, 0.2) is 0 Å². The number of aryl methyl sites for hydroxylation is 1. The van der Waals surface area contributed by atoms with Gasteiger partial charge in [0, 0.05) is 19.5 Å². The quantitative estimate of drug-likeness (QED) is 0.397. The van der Waals surface area contributed by atoms with Crippen LogP contribution in [0.3, 0.4) is 0 Å². The number of carbonyl (C=O) groups is 2. The molecule has 2 N–H and O–H groups in total. The fourth-order valence-electron chi connectivity index (χ4n) is 4.54. The van der Waals surface area contributed by atoms with Crippen molar-refractivity contribution < 1.29 is 22.7 Å². The number of anilines is 1. The molecule has 1 saturated heterocycles. The first kappa shape index (κ1) is 27.3. The lowest BCUT2D eigenvalue weighted by Crippen LogP contribution is -2.28. The SMILES string of the molecule is COc1ccc(S(=O)(=O)N2CCCC2)cc1CCC(=O)Nc1ccccc1C(=O)NC(C)c1ccccc1. The standard InChI is InChI=1S/C29H33N3O5S/c1-21(22-10-4-3-5-11-22)30-29(34)25-12-6-7-13-26(25)31-28(33)17-14-23-20-24(15-16-27(23)37-2)38(35,36)32-18-8-9-19-32/h3-7,10-13,15-16,20-21H,8-9,14,17-19H2,1-2H3,(H,30,34)(H,31,33). The highest BCUT2D eigenvalue weighted by atomic mass is 32.2. The molecule has 200 valence electrons. The predicted molar refractivity (Wildman–Crippen MR) is 147 cm³/mol. The van der Waals surface area contributed by atoms with E-state index in [1.54, 1.807) is 42.5 Å². The maximum Gasteiger partial charge on any atom is 0.253 e. The first-order valence-electron chi connectivity index (χ1n) is 12.7. The van der Waals surface area contributed by atoms with E-state index in [0.29, 0.717) is 35.7 Å². The van der Waals surface area contributed by atoms with Crippen LogP contribution in [-0.4, -0.2) is 44.7 Å². The van der Waals surface area contributed by atoms with Crippen molar-refractivity contribution >= 4 is 27.5 Å². The van der Waals surface area contributed by atoms with E-state index in [4.69, 9.17) is 4.74 Å². The summed E-state index contributed by atoms with van der Waals surface area (Å²) in [6.07, 6.45) is 2.07. The normalized spacial score (nSPS) is 14.6. The molecule has 0 bridgehead atoms. The zero-order valence-electron chi connectivity index (χ0n) is 21.6. The number of sulfonamides is 1. The highest BCUT2D eigenvalue weighted by molar-refractivity contribution is 7.89. The summed E-state index contributed by atoms with van der Waals surface area (Å²) in [5.41, 5.74) is 2.38. The van der Waals surface area contributed by atoms with Crippen LogP contribution in [0.5, 0.6) is 5.75 Å². The number of hydrogen-bond acceptors (Lipinski definition) is 5. The molecule has 3 aromatic carbocycles. The molecule has 1 heterocycles. The van der Waals surface area contributed by atoms with Gasteiger partial charge in [0.05, 0.1) is 29.3 Å². The molecule has 0 spiro atoms. The molecule has 0 aromatic heterocycles. The summed E-state index contributed by atoms with van der Waals surface area (Å²) in [6, 6.07) is 21.0. The molecule has 2 amide bonds. The lowest BCUT2D eigenvalue weighted by Gasteiger charge is -2.17. The number of hydrogen-bond donors (Lipinski definition) is 2. The molecule has 1 atom stereocenters. The van der Waals surface area contributed by atoms with Crippen LogP contribution in [0.4, 0.5) is 5.69 Å². The van der Waals surface area contributed by atoms with Crippen LogP contribution in [0.2, 0.25) is 0 Å². The van der Waals surface area contributed by atoms with E-state index in [2.05, 4.69) is 10.6 Å². The Morgan fingerprint density at radius 2 is 1.66 bits per heavy atom. The van der Waals surface area contributed by atoms with E-state index in [1.807, 2.05) is 37.3 Å². The number of carbonyl (C=O) groups excluding carboxylic acids is 2. The van der Waals surface area contributed by atoms with Gasteiger partial charge in [0.25, 0.3) is 5.91 Å². The van der Waals surface area contributed by atoms with Crippen LogP contribution in [0.1, 0.15) is 53.7 Å². The van der Waals surface area contributed by atoms with Crippen molar-refractivity contribution in [3.63, 3.8) is 0 Å². The smallest absolute Gasteiger partial charge is 0.253 e. The van der Waals surface area contributed by atoms with Crippen LogP contribution < -0.4 is 15.4 Å². The van der Waals surface area contributed by atoms with Gasteiger partial charge in [0.2, 0.25) is 15.9 Å². The summed E-state index contributed by atoms with van der Waals surface area (Å²) in [6.45, 7) is 2.94. The molecular weight excluding hydrogens is 502 g/mol. The number of amides is 2. The number of nitrogens with one attached hydrogen (secondary N) is 2. The number of rotatable bonds is 10. The Morgan fingerprint density at radius 1 is 0.974 bits per heavy atom. The van der Waals surface area contributed by atoms with Crippen molar-refractivity contribution in [2.24, 2.45) is 0 Å². The van der Waals surface area contributed by atoms with Crippen LogP contribution in [-0.2, 0) is 21.2 Å². The number of nitrogens with zero attached hydrogens (tertiary/aromatic N) is 1. The van der Waals surface area contributed by atoms with E-state index < -0.39 is 10.0 Å². The van der Waals surface area contributed by atoms with Crippen LogP contribution in [0.15, 0.2) is 77.7 Å². The zero-order valence-corrected chi connectivity index (χ0v) is 22.5. The van der Waals surface area contributed by atoms with Gasteiger partial charge < -0.3 is 15.4 Å². The maximum absolute atomic E-state index is 13.0. The fourth-order valence-corrected chi connectivity index (χ4v) is 6.11. The highest BCUT2D eigenvalue weighted by Gasteiger charge is 2.28. The van der Waals surface area contributed by atoms with Crippen molar-refractivity contribution in [3.05, 3.63) is 89.5 Å². The Balaban J connectivity index is 1.43. The number of para-hydroxylation sites is 1. The first-order chi connectivity index (χ1) is 18.3. The van der Waals surface area contributed by atoms with Crippen molar-refractivity contribution in [1.29, 1.82) is 0 Å². The van der Waals surface area contributed by atoms with Gasteiger partial charge in [-0.1, -0.05) is 42.5 Å². The molecule has 1 aliphatic rings. The summed E-state index contributed by atoms with van der Waals surface area (Å²) in [7, 11) is -2.07. The largest absolute Gasteiger partial charge is 0.496 e. The summed E-state index contributed by atoms with van der Waals surface area (Å²) in [5.74, 6) is -0.0668. The Morgan fingerprint density at radius 3 is 2.37 bits per heavy atom. The Hall–Kier alpha value is -3.69. The second kappa shape index (κ2) is 12.2. The van der Waals surface area contributed by atoms with Crippen molar-refractivity contribution in [2.45, 2.75) is 43.5 Å². The Kier molecular flexibility index (Phi) is 8.81. The molecule has 4 rings (SSSR count). The van der Waals surface area contributed by atoms with E-state index in [1.165, 1.54) is 11.4 Å². The molecular formula is C29H33N3O5S. The first-order valence-corrected chi connectivity index (χ1v) is 14.2. The number of benzene rings is 3. The van der Waals surface area contributed by atoms with Gasteiger partial charge >= 0.3 is 0 Å². The lowest BCUT2D eigenvalue weighted by molar-refractivity contribution is -0.116. The molecule has 0 saturated carbocycles. The second-order valence-electron chi connectivity index (χ2n) is 9.28. The molecule has 38 heavy (non-hydrogen) atoms. The molecule has 8 nitrogen and oxygen atoms in total. The Labute approximate surface area is 224 Å². The van der Waals surface area contributed by atoms with Crippen LogP contribution in [0.25, 0.3) is 0 Å². The van der Waals surface area contributed by atoms with E-state index in [9.17, 15) is 18.0 Å².